The van der Waals surface area contributed by atoms with Gasteiger partial charge in [-0.15, -0.1) is 0 Å². The van der Waals surface area contributed by atoms with Crippen molar-refractivity contribution in [3.05, 3.63) is 29.3 Å². The molecule has 2 saturated heterocycles. The molecular formula is C24H30FN5O3. The van der Waals surface area contributed by atoms with E-state index in [9.17, 15) is 0 Å². The predicted octanol–water partition coefficient (Wildman–Crippen LogP) is 3.79. The van der Waals surface area contributed by atoms with Crippen LogP contribution >= 0.6 is 0 Å². The molecule has 8 nitrogen and oxygen atoms in total. The van der Waals surface area contributed by atoms with Gasteiger partial charge in [-0.2, -0.15) is 4.98 Å². The molecule has 0 spiro atoms. The van der Waals surface area contributed by atoms with Crippen molar-refractivity contribution in [1.29, 1.82) is 0 Å². The molecule has 1 aromatic carbocycles. The highest BCUT2D eigenvalue weighted by Crippen LogP contribution is 2.39. The van der Waals surface area contributed by atoms with E-state index in [0.29, 0.717) is 52.9 Å². The zero-order valence-electron chi connectivity index (χ0n) is 19.4. The second-order valence-electron chi connectivity index (χ2n) is 8.80. The number of aromatic nitrogens is 3. The monoisotopic (exact) mass is 455 g/mol. The summed E-state index contributed by atoms with van der Waals surface area (Å²) < 4.78 is 31.7. The van der Waals surface area contributed by atoms with Crippen LogP contribution in [0.5, 0.6) is 5.75 Å². The molecule has 5 rings (SSSR count). The van der Waals surface area contributed by atoms with Gasteiger partial charge >= 0.3 is 0 Å². The van der Waals surface area contributed by atoms with Crippen molar-refractivity contribution >= 4 is 16.7 Å². The van der Waals surface area contributed by atoms with Crippen molar-refractivity contribution in [2.24, 2.45) is 0 Å². The van der Waals surface area contributed by atoms with Gasteiger partial charge < -0.3 is 24.2 Å². The number of piperidine rings is 1. The summed E-state index contributed by atoms with van der Waals surface area (Å²) >= 11 is 0. The molecule has 2 aliphatic heterocycles. The molecule has 0 aliphatic carbocycles. The van der Waals surface area contributed by atoms with Crippen molar-refractivity contribution in [3.8, 4) is 17.2 Å². The summed E-state index contributed by atoms with van der Waals surface area (Å²) in [4.78, 5) is 11.5. The highest BCUT2D eigenvalue weighted by Gasteiger charge is 2.29. The van der Waals surface area contributed by atoms with Crippen molar-refractivity contribution in [2.75, 3.05) is 37.8 Å². The Bertz CT molecular complexity index is 1140. The van der Waals surface area contributed by atoms with Gasteiger partial charge in [-0.25, -0.2) is 9.37 Å². The van der Waals surface area contributed by atoms with E-state index in [0.717, 1.165) is 56.7 Å². The number of benzene rings is 1. The van der Waals surface area contributed by atoms with E-state index in [1.807, 2.05) is 19.9 Å². The average Bonchev–Trinajstić information content (AvgIpc) is 3.47. The lowest BCUT2D eigenvalue weighted by molar-refractivity contribution is 0.186. The number of nitrogens with zero attached hydrogens (tertiary/aromatic N) is 4. The number of aryl methyl sites for hydroxylation is 2. The van der Waals surface area contributed by atoms with Crippen LogP contribution < -0.4 is 15.0 Å². The van der Waals surface area contributed by atoms with Crippen LogP contribution in [-0.4, -0.2) is 60.1 Å². The number of ether oxygens (including phenoxy) is 2. The lowest BCUT2D eigenvalue weighted by Crippen LogP contribution is -2.46. The van der Waals surface area contributed by atoms with Gasteiger partial charge in [-0.05, 0) is 51.7 Å². The van der Waals surface area contributed by atoms with Crippen LogP contribution in [-0.2, 0) is 4.74 Å². The van der Waals surface area contributed by atoms with Crippen LogP contribution in [0, 0.1) is 19.7 Å². The maximum Gasteiger partial charge on any atom is 0.261 e. The van der Waals surface area contributed by atoms with Crippen LogP contribution in [0.2, 0.25) is 0 Å². The topological polar surface area (TPSA) is 85.5 Å². The van der Waals surface area contributed by atoms with Gasteiger partial charge in [0.15, 0.2) is 11.6 Å². The normalized spacial score (nSPS) is 19.5. The van der Waals surface area contributed by atoms with Gasteiger partial charge in [0.05, 0.1) is 18.8 Å². The number of nitrogens with one attached hydrogen (secondary N) is 1. The molecule has 0 amide bonds. The first-order valence-corrected chi connectivity index (χ1v) is 11.7. The number of hydrogen-bond acceptors (Lipinski definition) is 8. The van der Waals surface area contributed by atoms with Crippen LogP contribution in [0.15, 0.2) is 16.7 Å². The maximum atomic E-state index is 15.1. The third-order valence-electron chi connectivity index (χ3n) is 6.51. The molecule has 4 heterocycles. The Kier molecular flexibility index (Phi) is 6.16. The summed E-state index contributed by atoms with van der Waals surface area (Å²) in [5.74, 6) is 1.72. The third kappa shape index (κ3) is 4.39. The van der Waals surface area contributed by atoms with Gasteiger partial charge in [0.2, 0.25) is 0 Å². The third-order valence-corrected chi connectivity index (χ3v) is 6.51. The van der Waals surface area contributed by atoms with Gasteiger partial charge in [-0.3, -0.25) is 0 Å². The van der Waals surface area contributed by atoms with Crippen LogP contribution in [0.25, 0.3) is 22.4 Å². The Morgan fingerprint density at radius 1 is 1.15 bits per heavy atom. The zero-order chi connectivity index (χ0) is 22.9. The molecule has 33 heavy (non-hydrogen) atoms. The molecule has 176 valence electrons. The molecule has 0 radical (unpaired) electrons. The summed E-state index contributed by atoms with van der Waals surface area (Å²) in [7, 11) is 0. The Hall–Kier alpha value is -2.78. The summed E-state index contributed by atoms with van der Waals surface area (Å²) in [5.41, 5.74) is 1.93. The fourth-order valence-corrected chi connectivity index (χ4v) is 4.83. The molecule has 0 unspecified atom stereocenters. The van der Waals surface area contributed by atoms with E-state index >= 15 is 4.39 Å². The Balaban J connectivity index is 1.52. The van der Waals surface area contributed by atoms with Crippen LogP contribution in [0.4, 0.5) is 10.2 Å². The summed E-state index contributed by atoms with van der Waals surface area (Å²) in [6.45, 7) is 9.31. The molecule has 1 N–H and O–H groups in total. The van der Waals surface area contributed by atoms with Gasteiger partial charge in [0, 0.05) is 43.2 Å². The maximum absolute atomic E-state index is 15.1. The molecule has 2 aliphatic rings. The Morgan fingerprint density at radius 3 is 2.64 bits per heavy atom. The van der Waals surface area contributed by atoms with Gasteiger partial charge in [0.1, 0.15) is 17.1 Å². The molecule has 1 atom stereocenters. The molecule has 0 bridgehead atoms. The Labute approximate surface area is 192 Å². The smallest absolute Gasteiger partial charge is 0.261 e. The quantitative estimate of drug-likeness (QED) is 0.601. The first-order chi connectivity index (χ1) is 16.0. The van der Waals surface area contributed by atoms with Crippen molar-refractivity contribution < 1.29 is 18.4 Å². The minimum Gasteiger partial charge on any atom is -0.494 e. The number of anilines is 1. The molecule has 0 saturated carbocycles. The lowest BCUT2D eigenvalue weighted by Gasteiger charge is -2.35. The van der Waals surface area contributed by atoms with Crippen molar-refractivity contribution in [2.45, 2.75) is 52.1 Å². The van der Waals surface area contributed by atoms with Crippen LogP contribution in [0.1, 0.15) is 37.6 Å². The summed E-state index contributed by atoms with van der Waals surface area (Å²) in [6.07, 6.45) is 3.02. The fourth-order valence-electron chi connectivity index (χ4n) is 4.83. The second kappa shape index (κ2) is 9.23. The number of rotatable bonds is 6. The predicted molar refractivity (Wildman–Crippen MR) is 123 cm³/mol. The van der Waals surface area contributed by atoms with E-state index in [-0.39, 0.29) is 0 Å². The number of halogens is 1. The zero-order valence-corrected chi connectivity index (χ0v) is 19.4. The first-order valence-electron chi connectivity index (χ1n) is 11.7. The van der Waals surface area contributed by atoms with Gasteiger partial charge in [0.25, 0.3) is 5.89 Å². The first kappa shape index (κ1) is 22.0. The number of hydrogen-bond donors (Lipinski definition) is 1. The average molecular weight is 456 g/mol. The summed E-state index contributed by atoms with van der Waals surface area (Å²) in [6, 6.07) is 4.11. The van der Waals surface area contributed by atoms with Crippen molar-refractivity contribution in [1.82, 2.24) is 20.4 Å². The second-order valence-corrected chi connectivity index (χ2v) is 8.80. The highest BCUT2D eigenvalue weighted by atomic mass is 19.1. The standard InChI is InChI=1S/C24H30FN5O3/c1-4-32-18-11-19-14(2)21(24-26-15(3)29-33-24)23(28-22(19)20(25)12-18)30-8-5-16(6-9-30)27-17-7-10-31-13-17/h11-12,16-17,27H,4-10,13H2,1-3H3/t17-/m1/s1. The van der Waals surface area contributed by atoms with E-state index in [1.54, 1.807) is 6.92 Å². The summed E-state index contributed by atoms with van der Waals surface area (Å²) in [5, 5.41) is 8.39. The number of fused-ring (bicyclic) bond motifs is 1. The largest absolute Gasteiger partial charge is 0.494 e. The SMILES string of the molecule is CCOc1cc(F)c2nc(N3CCC(N[C@@H]4CCOC4)CC3)c(-c3nc(C)no3)c(C)c2c1. The minimum absolute atomic E-state index is 0.328. The molecule has 2 aromatic heterocycles. The fraction of sp³-hybridized carbons (Fsp3) is 0.542. The molecule has 9 heteroatoms. The van der Waals surface area contributed by atoms with Crippen LogP contribution in [0.3, 0.4) is 0 Å². The lowest BCUT2D eigenvalue weighted by atomic mass is 9.99. The van der Waals surface area contributed by atoms with E-state index < -0.39 is 5.82 Å². The van der Waals surface area contributed by atoms with E-state index in [2.05, 4.69) is 20.4 Å². The number of pyridine rings is 1. The van der Waals surface area contributed by atoms with Crippen molar-refractivity contribution in [3.63, 3.8) is 0 Å². The molecule has 2 fully saturated rings. The van der Waals surface area contributed by atoms with E-state index in [1.165, 1.54) is 6.07 Å². The molecular weight excluding hydrogens is 425 g/mol. The highest BCUT2D eigenvalue weighted by molar-refractivity contribution is 5.93. The Morgan fingerprint density at radius 2 is 1.97 bits per heavy atom. The van der Waals surface area contributed by atoms with E-state index in [4.69, 9.17) is 19.0 Å². The van der Waals surface area contributed by atoms with Gasteiger partial charge in [-0.1, -0.05) is 5.16 Å². The minimum atomic E-state index is -0.397. The molecule has 3 aromatic rings.